The largest absolute Gasteiger partial charge is 0.462 e. The van der Waals surface area contributed by atoms with Crippen LogP contribution < -0.4 is 5.32 Å². The van der Waals surface area contributed by atoms with Gasteiger partial charge in [-0.15, -0.1) is 0 Å². The summed E-state index contributed by atoms with van der Waals surface area (Å²) in [7, 11) is 0. The molecule has 0 saturated carbocycles. The molecule has 1 heterocycles. The van der Waals surface area contributed by atoms with Gasteiger partial charge >= 0.3 is 5.97 Å². The second-order valence-electron chi connectivity index (χ2n) is 7.28. The number of carbonyl (C=O) groups is 2. The molecule has 0 radical (unpaired) electrons. The molecule has 1 amide bonds. The van der Waals surface area contributed by atoms with Crippen LogP contribution in [-0.4, -0.2) is 29.6 Å². The molecular formula is C25H27FN2O3. The maximum atomic E-state index is 13.4. The molecule has 6 heteroatoms. The number of ether oxygens (including phenoxy) is 1. The number of carbonyl (C=O) groups excluding carboxylic acids is 2. The van der Waals surface area contributed by atoms with E-state index in [-0.39, 0.29) is 24.9 Å². The average molecular weight is 423 g/mol. The molecule has 0 aliphatic heterocycles. The number of aryl methyl sites for hydroxylation is 1. The van der Waals surface area contributed by atoms with Gasteiger partial charge in [0.05, 0.1) is 12.2 Å². The van der Waals surface area contributed by atoms with E-state index < -0.39 is 5.97 Å². The summed E-state index contributed by atoms with van der Waals surface area (Å²) in [5.74, 6) is -0.934. The minimum atomic E-state index is -0.439. The molecule has 1 N–H and O–H groups in total. The molecule has 0 unspecified atom stereocenters. The number of nitrogens with one attached hydrogen (secondary N) is 1. The van der Waals surface area contributed by atoms with E-state index in [1.807, 2.05) is 18.2 Å². The molecule has 3 aromatic rings. The van der Waals surface area contributed by atoms with Gasteiger partial charge in [0.15, 0.2) is 0 Å². The highest BCUT2D eigenvalue weighted by Crippen LogP contribution is 2.27. The van der Waals surface area contributed by atoms with E-state index in [9.17, 15) is 14.0 Å². The molecule has 2 aromatic carbocycles. The van der Waals surface area contributed by atoms with Crippen molar-refractivity contribution in [3.05, 3.63) is 83.3 Å². The molecule has 0 fully saturated rings. The molecule has 0 spiro atoms. The lowest BCUT2D eigenvalue weighted by atomic mass is 10.1. The van der Waals surface area contributed by atoms with Crippen molar-refractivity contribution < 1.29 is 18.7 Å². The Morgan fingerprint density at radius 3 is 2.45 bits per heavy atom. The summed E-state index contributed by atoms with van der Waals surface area (Å²) >= 11 is 0. The quantitative estimate of drug-likeness (QED) is 0.407. The first-order valence-electron chi connectivity index (χ1n) is 10.4. The summed E-state index contributed by atoms with van der Waals surface area (Å²) < 4.78 is 20.3. The fourth-order valence-electron chi connectivity index (χ4n) is 3.49. The zero-order chi connectivity index (χ0) is 22.2. The van der Waals surface area contributed by atoms with Crippen LogP contribution in [0.25, 0.3) is 11.3 Å². The van der Waals surface area contributed by atoms with Gasteiger partial charge in [-0.3, -0.25) is 4.79 Å². The van der Waals surface area contributed by atoms with Crippen molar-refractivity contribution in [2.45, 2.75) is 33.2 Å². The predicted octanol–water partition coefficient (Wildman–Crippen LogP) is 4.53. The van der Waals surface area contributed by atoms with Gasteiger partial charge in [0, 0.05) is 17.9 Å². The Bertz CT molecular complexity index is 1030. The Labute approximate surface area is 181 Å². The fourth-order valence-corrected chi connectivity index (χ4v) is 3.49. The smallest absolute Gasteiger partial charge is 0.339 e. The van der Waals surface area contributed by atoms with E-state index in [2.05, 4.69) is 17.4 Å². The van der Waals surface area contributed by atoms with Gasteiger partial charge in [-0.2, -0.15) is 0 Å². The van der Waals surface area contributed by atoms with E-state index >= 15 is 0 Å². The average Bonchev–Trinajstić information content (AvgIpc) is 3.09. The van der Waals surface area contributed by atoms with Crippen molar-refractivity contribution in [2.24, 2.45) is 0 Å². The zero-order valence-corrected chi connectivity index (χ0v) is 17.9. The van der Waals surface area contributed by atoms with Gasteiger partial charge in [-0.1, -0.05) is 30.3 Å². The summed E-state index contributed by atoms with van der Waals surface area (Å²) in [6, 6.07) is 17.8. The second-order valence-corrected chi connectivity index (χ2v) is 7.28. The number of esters is 1. The van der Waals surface area contributed by atoms with Crippen molar-refractivity contribution in [1.82, 2.24) is 9.88 Å². The van der Waals surface area contributed by atoms with Crippen molar-refractivity contribution in [1.29, 1.82) is 0 Å². The van der Waals surface area contributed by atoms with Gasteiger partial charge in [-0.05, 0) is 68.1 Å². The zero-order valence-electron chi connectivity index (χ0n) is 17.9. The summed E-state index contributed by atoms with van der Waals surface area (Å²) in [4.78, 5) is 25.0. The van der Waals surface area contributed by atoms with Gasteiger partial charge in [0.25, 0.3) is 0 Å². The Morgan fingerprint density at radius 1 is 1.06 bits per heavy atom. The van der Waals surface area contributed by atoms with Crippen LogP contribution in [0.1, 0.15) is 35.0 Å². The number of halogens is 1. The molecule has 0 bridgehead atoms. The van der Waals surface area contributed by atoms with Crippen LogP contribution in [0.4, 0.5) is 4.39 Å². The van der Waals surface area contributed by atoms with Gasteiger partial charge in [-0.25, -0.2) is 9.18 Å². The summed E-state index contributed by atoms with van der Waals surface area (Å²) in [6.07, 6.45) is 1.72. The molecule has 0 saturated heterocycles. The lowest BCUT2D eigenvalue weighted by molar-refractivity contribution is -0.121. The van der Waals surface area contributed by atoms with Crippen LogP contribution in [0.3, 0.4) is 0 Å². The number of hydrogen-bond donors (Lipinski definition) is 1. The minimum absolute atomic E-state index is 0.0588. The highest BCUT2D eigenvalue weighted by molar-refractivity contribution is 5.93. The number of aromatic nitrogens is 1. The highest BCUT2D eigenvalue weighted by Gasteiger charge is 2.21. The molecular weight excluding hydrogens is 395 g/mol. The van der Waals surface area contributed by atoms with Crippen LogP contribution >= 0.6 is 0 Å². The third-order valence-electron chi connectivity index (χ3n) is 5.11. The molecule has 3 rings (SSSR count). The number of nitrogens with zero attached hydrogens (tertiary/aromatic N) is 1. The molecule has 0 atom stereocenters. The lowest BCUT2D eigenvalue weighted by Crippen LogP contribution is -2.29. The molecule has 1 aromatic heterocycles. The van der Waals surface area contributed by atoms with Gasteiger partial charge < -0.3 is 14.6 Å². The molecule has 0 aliphatic rings. The van der Waals surface area contributed by atoms with Crippen molar-refractivity contribution in [3.63, 3.8) is 0 Å². The number of amides is 1. The minimum Gasteiger partial charge on any atom is -0.462 e. The van der Waals surface area contributed by atoms with E-state index in [0.717, 1.165) is 18.4 Å². The third-order valence-corrected chi connectivity index (χ3v) is 5.11. The van der Waals surface area contributed by atoms with Crippen LogP contribution in [0.15, 0.2) is 60.7 Å². The molecule has 5 nitrogen and oxygen atoms in total. The van der Waals surface area contributed by atoms with Crippen molar-refractivity contribution in [2.75, 3.05) is 13.2 Å². The summed E-state index contributed by atoms with van der Waals surface area (Å²) in [5.41, 5.74) is 3.66. The van der Waals surface area contributed by atoms with E-state index in [1.165, 1.54) is 17.7 Å². The number of benzene rings is 2. The first kappa shape index (κ1) is 22.3. The van der Waals surface area contributed by atoms with Crippen molar-refractivity contribution >= 4 is 11.9 Å². The van der Waals surface area contributed by atoms with E-state index in [4.69, 9.17) is 4.74 Å². The van der Waals surface area contributed by atoms with E-state index in [1.54, 1.807) is 36.6 Å². The molecule has 162 valence electrons. The van der Waals surface area contributed by atoms with E-state index in [0.29, 0.717) is 23.5 Å². The Balaban J connectivity index is 1.72. The monoisotopic (exact) mass is 422 g/mol. The maximum Gasteiger partial charge on any atom is 0.339 e. The first-order valence-corrected chi connectivity index (χ1v) is 10.4. The second kappa shape index (κ2) is 10.6. The van der Waals surface area contributed by atoms with Crippen LogP contribution in [0.2, 0.25) is 0 Å². The third kappa shape index (κ3) is 5.81. The molecule has 0 aliphatic carbocycles. The first-order chi connectivity index (χ1) is 15.0. The number of hydrogen-bond acceptors (Lipinski definition) is 3. The SMILES string of the molecule is CCOC(=O)c1cc(-c2ccc(F)cc2)n(CC(=O)NCCCc2ccccc2)c1C. The summed E-state index contributed by atoms with van der Waals surface area (Å²) in [6.45, 7) is 4.40. The van der Waals surface area contributed by atoms with Crippen LogP contribution in [-0.2, 0) is 22.5 Å². The highest BCUT2D eigenvalue weighted by atomic mass is 19.1. The van der Waals surface area contributed by atoms with Crippen LogP contribution in [0.5, 0.6) is 0 Å². The predicted molar refractivity (Wildman–Crippen MR) is 118 cm³/mol. The number of rotatable bonds is 9. The lowest BCUT2D eigenvalue weighted by Gasteiger charge is -2.13. The maximum absolute atomic E-state index is 13.4. The Kier molecular flexibility index (Phi) is 7.60. The van der Waals surface area contributed by atoms with Crippen LogP contribution in [0, 0.1) is 12.7 Å². The fraction of sp³-hybridized carbons (Fsp3) is 0.280. The normalized spacial score (nSPS) is 10.7. The standard InChI is InChI=1S/C25H27FN2O3/c1-3-31-25(30)22-16-23(20-11-13-21(26)14-12-20)28(18(22)2)17-24(29)27-15-7-10-19-8-5-4-6-9-19/h4-6,8-9,11-14,16H,3,7,10,15,17H2,1-2H3,(H,27,29). The Morgan fingerprint density at radius 2 is 1.77 bits per heavy atom. The van der Waals surface area contributed by atoms with Gasteiger partial charge in [0.1, 0.15) is 12.4 Å². The van der Waals surface area contributed by atoms with Crippen molar-refractivity contribution in [3.8, 4) is 11.3 Å². The molecule has 31 heavy (non-hydrogen) atoms. The van der Waals surface area contributed by atoms with Gasteiger partial charge in [0.2, 0.25) is 5.91 Å². The Hall–Kier alpha value is -3.41. The topological polar surface area (TPSA) is 60.3 Å². The summed E-state index contributed by atoms with van der Waals surface area (Å²) in [5, 5.41) is 2.94.